The van der Waals surface area contributed by atoms with Gasteiger partial charge in [-0.05, 0) is 62.6 Å². The van der Waals surface area contributed by atoms with Crippen LogP contribution in [-0.2, 0) is 26.3 Å². The van der Waals surface area contributed by atoms with E-state index in [0.717, 1.165) is 25.7 Å². The molecule has 38 heavy (non-hydrogen) atoms. The lowest BCUT2D eigenvalue weighted by atomic mass is 9.78. The van der Waals surface area contributed by atoms with Crippen LogP contribution in [0.2, 0.25) is 0 Å². The van der Waals surface area contributed by atoms with Gasteiger partial charge in [0.15, 0.2) is 11.5 Å². The lowest BCUT2D eigenvalue weighted by Gasteiger charge is -2.32. The molecule has 1 fully saturated rings. The number of benzene rings is 1. The average Bonchev–Trinajstić information content (AvgIpc) is 3.46. The fraction of sp³-hybridized carbons (Fsp3) is 0.519. The fourth-order valence-corrected chi connectivity index (χ4v) is 5.64. The predicted molar refractivity (Wildman–Crippen MR) is 135 cm³/mol. The first kappa shape index (κ1) is 26.3. The third kappa shape index (κ3) is 5.03. The van der Waals surface area contributed by atoms with Gasteiger partial charge in [0.2, 0.25) is 5.62 Å². The minimum Gasteiger partial charge on any atom is -0.491 e. The molecule has 5 rings (SSSR count). The van der Waals surface area contributed by atoms with E-state index in [9.17, 15) is 18.0 Å². The number of ether oxygens (including phenoxy) is 1. The molecule has 2 aromatic heterocycles. The smallest absolute Gasteiger partial charge is 0.435 e. The van der Waals surface area contributed by atoms with Crippen LogP contribution in [-0.4, -0.2) is 37.3 Å². The Morgan fingerprint density at radius 2 is 1.84 bits per heavy atom. The Balaban J connectivity index is 1.58. The molecule has 1 atom stereocenters. The fourth-order valence-electron chi connectivity index (χ4n) is 5.64. The predicted octanol–water partition coefficient (Wildman–Crippen LogP) is 4.36. The van der Waals surface area contributed by atoms with Gasteiger partial charge < -0.3 is 19.6 Å². The largest absolute Gasteiger partial charge is 0.491 e. The summed E-state index contributed by atoms with van der Waals surface area (Å²) in [4.78, 5) is 13.8. The molecule has 8 nitrogen and oxygen atoms in total. The van der Waals surface area contributed by atoms with E-state index in [-0.39, 0.29) is 59.9 Å². The van der Waals surface area contributed by atoms with Crippen LogP contribution in [0.4, 0.5) is 13.2 Å². The Labute approximate surface area is 218 Å². The van der Waals surface area contributed by atoms with Gasteiger partial charge in [0.05, 0.1) is 24.6 Å². The Hall–Kier alpha value is -3.34. The summed E-state index contributed by atoms with van der Waals surface area (Å²) in [6, 6.07) is 3.54. The van der Waals surface area contributed by atoms with E-state index in [1.54, 1.807) is 47.6 Å². The number of halogens is 3. The number of fused-ring (bicyclic) bond motifs is 1. The summed E-state index contributed by atoms with van der Waals surface area (Å²) in [5.74, 6) is 0.0826. The van der Waals surface area contributed by atoms with Gasteiger partial charge in [-0.15, -0.1) is 0 Å². The van der Waals surface area contributed by atoms with Crippen LogP contribution in [0, 0.1) is 17.2 Å². The van der Waals surface area contributed by atoms with Crippen molar-refractivity contribution in [2.45, 2.75) is 64.3 Å². The zero-order valence-corrected chi connectivity index (χ0v) is 21.6. The van der Waals surface area contributed by atoms with Crippen molar-refractivity contribution in [3.63, 3.8) is 0 Å². The number of hydrogen-bond donors (Lipinski definition) is 2. The molecular weight excluding hydrogens is 497 g/mol. The van der Waals surface area contributed by atoms with Crippen LogP contribution in [0.1, 0.15) is 60.6 Å². The number of aryl methyl sites for hydroxylation is 2. The van der Waals surface area contributed by atoms with E-state index in [2.05, 4.69) is 5.10 Å². The van der Waals surface area contributed by atoms with Crippen LogP contribution in [0.15, 0.2) is 30.7 Å². The molecule has 0 radical (unpaired) electrons. The second kappa shape index (κ2) is 10.1. The number of alkyl halides is 3. The summed E-state index contributed by atoms with van der Waals surface area (Å²) in [5, 5.41) is 12.0. The Morgan fingerprint density at radius 1 is 1.13 bits per heavy atom. The van der Waals surface area contributed by atoms with Crippen molar-refractivity contribution in [3.05, 3.63) is 53.2 Å². The molecule has 0 amide bonds. The van der Waals surface area contributed by atoms with E-state index in [4.69, 9.17) is 15.9 Å². The SMILES string of the molecule is CCn1cc(-c2cc(Cn3ccn(C)c3=N)cc3c2OCC(CC2CCC(N)CC2)C3=O)c(C(F)(F)F)n1. The van der Waals surface area contributed by atoms with Crippen molar-refractivity contribution >= 4 is 5.78 Å². The highest BCUT2D eigenvalue weighted by atomic mass is 19.4. The van der Waals surface area contributed by atoms with E-state index in [0.29, 0.717) is 23.5 Å². The van der Waals surface area contributed by atoms with Crippen LogP contribution in [0.3, 0.4) is 0 Å². The number of nitrogens with two attached hydrogens (primary N) is 1. The van der Waals surface area contributed by atoms with Gasteiger partial charge in [-0.25, -0.2) is 0 Å². The second-order valence-corrected chi connectivity index (χ2v) is 10.5. The zero-order chi connectivity index (χ0) is 27.2. The molecular formula is C27H33F3N6O2. The highest BCUT2D eigenvalue weighted by molar-refractivity contribution is 6.03. The van der Waals surface area contributed by atoms with Gasteiger partial charge >= 0.3 is 6.18 Å². The second-order valence-electron chi connectivity index (χ2n) is 10.5. The Morgan fingerprint density at radius 3 is 2.47 bits per heavy atom. The Bertz CT molecular complexity index is 1390. The standard InChI is InChI=1S/C27H33F3N6O2/c1-3-36-14-22(25(33-36)27(28,29)30)20-11-17(13-35-9-8-34(2)26(35)32)12-21-23(37)18(15-38-24(20)21)10-16-4-6-19(31)7-5-16/h8-9,11-12,14,16,18-19,32H,3-7,10,13,15,31H2,1-2H3. The van der Waals surface area contributed by atoms with Crippen molar-refractivity contribution < 1.29 is 22.7 Å². The van der Waals surface area contributed by atoms with Crippen LogP contribution < -0.4 is 16.1 Å². The number of aromatic nitrogens is 4. The average molecular weight is 531 g/mol. The number of imidazole rings is 1. The molecule has 2 aliphatic rings. The zero-order valence-electron chi connectivity index (χ0n) is 21.6. The van der Waals surface area contributed by atoms with Crippen molar-refractivity contribution in [2.24, 2.45) is 24.6 Å². The summed E-state index contributed by atoms with van der Waals surface area (Å²) in [7, 11) is 1.74. The normalized spacial score (nSPS) is 21.8. The van der Waals surface area contributed by atoms with Crippen LogP contribution in [0.25, 0.3) is 11.1 Å². The van der Waals surface area contributed by atoms with E-state index in [1.165, 1.54) is 10.9 Å². The van der Waals surface area contributed by atoms with E-state index in [1.807, 2.05) is 0 Å². The molecule has 204 valence electrons. The van der Waals surface area contributed by atoms with Gasteiger partial charge in [0.25, 0.3) is 0 Å². The van der Waals surface area contributed by atoms with Gasteiger partial charge in [-0.3, -0.25) is 14.9 Å². The number of nitrogens with zero attached hydrogens (tertiary/aromatic N) is 4. The molecule has 1 aliphatic heterocycles. The molecule has 3 heterocycles. The molecule has 0 bridgehead atoms. The van der Waals surface area contributed by atoms with Crippen molar-refractivity contribution in [1.82, 2.24) is 18.9 Å². The number of ketones is 1. The van der Waals surface area contributed by atoms with Gasteiger partial charge in [-0.2, -0.15) is 18.3 Å². The quantitative estimate of drug-likeness (QED) is 0.494. The minimum atomic E-state index is -4.68. The number of nitrogens with one attached hydrogen (secondary N) is 1. The first-order valence-electron chi connectivity index (χ1n) is 13.1. The first-order chi connectivity index (χ1) is 18.0. The maximum Gasteiger partial charge on any atom is 0.435 e. The minimum absolute atomic E-state index is 0.107. The molecule has 3 N–H and O–H groups in total. The number of carbonyl (C=O) groups is 1. The van der Waals surface area contributed by atoms with Crippen LogP contribution >= 0.6 is 0 Å². The Kier molecular flexibility index (Phi) is 6.97. The molecule has 3 aromatic rings. The highest BCUT2D eigenvalue weighted by Crippen LogP contribution is 2.44. The van der Waals surface area contributed by atoms with Crippen molar-refractivity contribution in [1.29, 1.82) is 5.41 Å². The third-order valence-corrected chi connectivity index (χ3v) is 7.80. The topological polar surface area (TPSA) is 104 Å². The third-order valence-electron chi connectivity index (χ3n) is 7.80. The first-order valence-corrected chi connectivity index (χ1v) is 13.1. The molecule has 1 aromatic carbocycles. The van der Waals surface area contributed by atoms with Gasteiger partial charge in [-0.1, -0.05) is 0 Å². The highest BCUT2D eigenvalue weighted by Gasteiger charge is 2.40. The van der Waals surface area contributed by atoms with Crippen LogP contribution in [0.5, 0.6) is 5.75 Å². The summed E-state index contributed by atoms with van der Waals surface area (Å²) in [6.45, 7) is 2.34. The van der Waals surface area contributed by atoms with E-state index >= 15 is 0 Å². The molecule has 11 heteroatoms. The van der Waals surface area contributed by atoms with E-state index < -0.39 is 11.9 Å². The van der Waals surface area contributed by atoms with Crippen molar-refractivity contribution in [3.8, 4) is 16.9 Å². The molecule has 0 spiro atoms. The summed E-state index contributed by atoms with van der Waals surface area (Å²) in [6.07, 6.45) is 4.61. The van der Waals surface area contributed by atoms with Gasteiger partial charge in [0, 0.05) is 49.4 Å². The number of rotatable bonds is 6. The molecule has 1 aliphatic carbocycles. The maximum absolute atomic E-state index is 14.0. The lowest BCUT2D eigenvalue weighted by molar-refractivity contribution is -0.141. The van der Waals surface area contributed by atoms with Crippen molar-refractivity contribution in [2.75, 3.05) is 6.61 Å². The summed E-state index contributed by atoms with van der Waals surface area (Å²) >= 11 is 0. The summed E-state index contributed by atoms with van der Waals surface area (Å²) in [5.41, 5.74) is 6.25. The number of hydrogen-bond acceptors (Lipinski definition) is 5. The lowest BCUT2D eigenvalue weighted by Crippen LogP contribution is -2.33. The summed E-state index contributed by atoms with van der Waals surface area (Å²) < 4.78 is 52.7. The monoisotopic (exact) mass is 530 g/mol. The molecule has 1 unspecified atom stereocenters. The number of carbonyl (C=O) groups excluding carboxylic acids is 1. The van der Waals surface area contributed by atoms with Gasteiger partial charge in [0.1, 0.15) is 5.75 Å². The molecule has 1 saturated carbocycles. The number of Topliss-reactive ketones (excluding diaryl/α,β-unsaturated/α-hetero) is 1. The maximum atomic E-state index is 14.0. The molecule has 0 saturated heterocycles.